The lowest BCUT2D eigenvalue weighted by Crippen LogP contribution is -2.51. The molecular weight excluding hydrogens is 300 g/mol. The van der Waals surface area contributed by atoms with Gasteiger partial charge < -0.3 is 14.2 Å². The predicted molar refractivity (Wildman–Crippen MR) is 96.2 cm³/mol. The van der Waals surface area contributed by atoms with Crippen LogP contribution in [0, 0.1) is 0 Å². The van der Waals surface area contributed by atoms with Crippen molar-refractivity contribution >= 4 is 0 Å². The Bertz CT molecular complexity index is 637. The molecule has 0 N–H and O–H groups in total. The monoisotopic (exact) mass is 328 g/mol. The second-order valence-corrected chi connectivity index (χ2v) is 6.67. The minimum Gasteiger partial charge on any atom is -0.497 e. The number of rotatable bonds is 6. The number of ether oxygens (including phenoxy) is 1. The number of aryl methyl sites for hydroxylation is 1. The molecule has 0 bridgehead atoms. The van der Waals surface area contributed by atoms with Crippen LogP contribution >= 0.6 is 0 Å². The predicted octanol–water partition coefficient (Wildman–Crippen LogP) is 2.18. The molecule has 24 heavy (non-hydrogen) atoms. The summed E-state index contributed by atoms with van der Waals surface area (Å²) in [6.45, 7) is 7.74. The molecule has 0 radical (unpaired) electrons. The van der Waals surface area contributed by atoms with Crippen molar-refractivity contribution in [3.05, 3.63) is 48.0 Å². The van der Waals surface area contributed by atoms with Crippen LogP contribution in [-0.4, -0.2) is 58.7 Å². The van der Waals surface area contributed by atoms with Gasteiger partial charge in [-0.25, -0.2) is 4.98 Å². The second-order valence-electron chi connectivity index (χ2n) is 6.67. The fourth-order valence-electron chi connectivity index (χ4n) is 3.32. The summed E-state index contributed by atoms with van der Waals surface area (Å²) in [4.78, 5) is 9.56. The first-order valence-corrected chi connectivity index (χ1v) is 8.71. The zero-order valence-corrected chi connectivity index (χ0v) is 15.0. The van der Waals surface area contributed by atoms with Crippen LogP contribution in [0.1, 0.15) is 18.3 Å². The highest BCUT2D eigenvalue weighted by Crippen LogP contribution is 2.15. The van der Waals surface area contributed by atoms with E-state index in [4.69, 9.17) is 4.74 Å². The van der Waals surface area contributed by atoms with Gasteiger partial charge in [0.1, 0.15) is 11.6 Å². The van der Waals surface area contributed by atoms with Gasteiger partial charge >= 0.3 is 0 Å². The Kier molecular flexibility index (Phi) is 5.53. The van der Waals surface area contributed by atoms with Crippen LogP contribution < -0.4 is 4.74 Å². The zero-order chi connectivity index (χ0) is 16.9. The highest BCUT2D eigenvalue weighted by atomic mass is 16.5. The maximum atomic E-state index is 5.22. The van der Waals surface area contributed by atoms with Gasteiger partial charge in [0.2, 0.25) is 0 Å². The first-order valence-electron chi connectivity index (χ1n) is 8.71. The summed E-state index contributed by atoms with van der Waals surface area (Å²) in [7, 11) is 3.78. The molecule has 2 heterocycles. The van der Waals surface area contributed by atoms with Crippen LogP contribution in [0.2, 0.25) is 0 Å². The molecular formula is C19H28N4O. The van der Waals surface area contributed by atoms with Gasteiger partial charge in [-0.3, -0.25) is 4.90 Å². The number of methoxy groups -OCH3 is 1. The first kappa shape index (κ1) is 17.0. The molecule has 130 valence electrons. The summed E-state index contributed by atoms with van der Waals surface area (Å²) in [5, 5.41) is 0. The Hall–Kier alpha value is -1.85. The number of hydrogen-bond acceptors (Lipinski definition) is 4. The average Bonchev–Trinajstić information content (AvgIpc) is 3.00. The SMILES string of the molecule is COc1ccc(CCN2CCN(Cc3nccn3C)[C@H](C)C2)cc1. The lowest BCUT2D eigenvalue weighted by Gasteiger charge is -2.39. The van der Waals surface area contributed by atoms with E-state index >= 15 is 0 Å². The molecule has 1 saturated heterocycles. The van der Waals surface area contributed by atoms with Crippen LogP contribution in [0.5, 0.6) is 5.75 Å². The van der Waals surface area contributed by atoms with E-state index in [0.29, 0.717) is 6.04 Å². The molecule has 1 aromatic heterocycles. The molecule has 0 aliphatic carbocycles. The lowest BCUT2D eigenvalue weighted by molar-refractivity contribution is 0.0758. The molecule has 1 fully saturated rings. The van der Waals surface area contributed by atoms with Gasteiger partial charge in [-0.2, -0.15) is 0 Å². The fraction of sp³-hybridized carbons (Fsp3) is 0.526. The number of piperazine rings is 1. The van der Waals surface area contributed by atoms with Crippen molar-refractivity contribution in [3.63, 3.8) is 0 Å². The normalized spacial score (nSPS) is 19.5. The molecule has 3 rings (SSSR count). The molecule has 1 aliphatic rings. The number of aromatic nitrogens is 2. The van der Waals surface area contributed by atoms with Gasteiger partial charge in [0.25, 0.3) is 0 Å². The van der Waals surface area contributed by atoms with Crippen molar-refractivity contribution < 1.29 is 4.74 Å². The number of nitrogens with zero attached hydrogens (tertiary/aromatic N) is 4. The van der Waals surface area contributed by atoms with Gasteiger partial charge in [0.15, 0.2) is 0 Å². The van der Waals surface area contributed by atoms with Gasteiger partial charge in [0, 0.05) is 51.7 Å². The van der Waals surface area contributed by atoms with Crippen molar-refractivity contribution in [1.29, 1.82) is 0 Å². The van der Waals surface area contributed by atoms with Crippen molar-refractivity contribution in [3.8, 4) is 5.75 Å². The third kappa shape index (κ3) is 4.16. The van der Waals surface area contributed by atoms with E-state index in [1.165, 1.54) is 5.56 Å². The van der Waals surface area contributed by atoms with E-state index in [1.54, 1.807) is 7.11 Å². The van der Waals surface area contributed by atoms with Crippen molar-refractivity contribution in [2.45, 2.75) is 25.9 Å². The summed E-state index contributed by atoms with van der Waals surface area (Å²) in [5.74, 6) is 2.07. The molecule has 1 atom stereocenters. The number of benzene rings is 1. The van der Waals surface area contributed by atoms with E-state index in [1.807, 2.05) is 24.5 Å². The fourth-order valence-corrected chi connectivity index (χ4v) is 3.32. The topological polar surface area (TPSA) is 33.5 Å². The Balaban J connectivity index is 1.47. The molecule has 0 unspecified atom stereocenters. The van der Waals surface area contributed by atoms with Gasteiger partial charge in [-0.15, -0.1) is 0 Å². The maximum absolute atomic E-state index is 5.22. The summed E-state index contributed by atoms with van der Waals surface area (Å²) in [6.07, 6.45) is 4.99. The van der Waals surface area contributed by atoms with E-state index in [-0.39, 0.29) is 0 Å². The van der Waals surface area contributed by atoms with Crippen LogP contribution in [0.25, 0.3) is 0 Å². The number of imidazole rings is 1. The molecule has 5 heteroatoms. The molecule has 1 aliphatic heterocycles. The lowest BCUT2D eigenvalue weighted by atomic mass is 10.1. The van der Waals surface area contributed by atoms with E-state index in [0.717, 1.165) is 50.7 Å². The largest absolute Gasteiger partial charge is 0.497 e. The summed E-state index contributed by atoms with van der Waals surface area (Å²) < 4.78 is 7.33. The van der Waals surface area contributed by atoms with Crippen molar-refractivity contribution in [1.82, 2.24) is 19.4 Å². The highest BCUT2D eigenvalue weighted by Gasteiger charge is 2.24. The van der Waals surface area contributed by atoms with Crippen molar-refractivity contribution in [2.24, 2.45) is 7.05 Å². The molecule has 5 nitrogen and oxygen atoms in total. The third-order valence-corrected chi connectivity index (χ3v) is 4.99. The van der Waals surface area contributed by atoms with Gasteiger partial charge in [0.05, 0.1) is 13.7 Å². The van der Waals surface area contributed by atoms with Gasteiger partial charge in [-0.1, -0.05) is 12.1 Å². The zero-order valence-electron chi connectivity index (χ0n) is 15.0. The first-order chi connectivity index (χ1) is 11.7. The highest BCUT2D eigenvalue weighted by molar-refractivity contribution is 5.27. The van der Waals surface area contributed by atoms with Crippen LogP contribution in [0.3, 0.4) is 0 Å². The molecule has 0 saturated carbocycles. The van der Waals surface area contributed by atoms with Gasteiger partial charge in [-0.05, 0) is 31.0 Å². The molecule has 0 amide bonds. The molecule has 1 aromatic carbocycles. The Morgan fingerprint density at radius 3 is 2.62 bits per heavy atom. The summed E-state index contributed by atoms with van der Waals surface area (Å²) in [5.41, 5.74) is 1.37. The Labute approximate surface area is 144 Å². The molecule has 2 aromatic rings. The van der Waals surface area contributed by atoms with E-state index < -0.39 is 0 Å². The minimum absolute atomic E-state index is 0.561. The third-order valence-electron chi connectivity index (χ3n) is 4.99. The second kappa shape index (κ2) is 7.81. The maximum Gasteiger partial charge on any atom is 0.122 e. The molecule has 0 spiro atoms. The Morgan fingerprint density at radius 1 is 1.21 bits per heavy atom. The standard InChI is InChI=1S/C19H28N4O/c1-16-14-22(10-8-17-4-6-18(24-3)7-5-17)12-13-23(16)15-19-20-9-11-21(19)2/h4-7,9,11,16H,8,10,12-15H2,1-3H3/t16-/m1/s1. The van der Waals surface area contributed by atoms with E-state index in [2.05, 4.69) is 45.5 Å². The smallest absolute Gasteiger partial charge is 0.122 e. The summed E-state index contributed by atoms with van der Waals surface area (Å²) in [6, 6.07) is 8.98. The van der Waals surface area contributed by atoms with Crippen LogP contribution in [0.15, 0.2) is 36.7 Å². The van der Waals surface area contributed by atoms with Crippen LogP contribution in [-0.2, 0) is 20.0 Å². The quantitative estimate of drug-likeness (QED) is 0.814. The van der Waals surface area contributed by atoms with Crippen molar-refractivity contribution in [2.75, 3.05) is 33.3 Å². The minimum atomic E-state index is 0.561. The van der Waals surface area contributed by atoms with E-state index in [9.17, 15) is 0 Å². The number of hydrogen-bond donors (Lipinski definition) is 0. The van der Waals surface area contributed by atoms with Crippen LogP contribution in [0.4, 0.5) is 0 Å². The Morgan fingerprint density at radius 2 is 2.00 bits per heavy atom. The summed E-state index contributed by atoms with van der Waals surface area (Å²) >= 11 is 0. The average molecular weight is 328 g/mol.